The van der Waals surface area contributed by atoms with Gasteiger partial charge in [-0.25, -0.2) is 9.78 Å². The van der Waals surface area contributed by atoms with E-state index >= 15 is 0 Å². The number of carboxylic acids is 1. The van der Waals surface area contributed by atoms with E-state index in [4.69, 9.17) is 11.6 Å². The lowest BCUT2D eigenvalue weighted by Crippen LogP contribution is -2.46. The molecule has 1 aromatic heterocycles. The molecule has 0 bridgehead atoms. The number of carbonyl (C=O) groups excluding carboxylic acids is 1. The van der Waals surface area contributed by atoms with Gasteiger partial charge in [0.1, 0.15) is 12.0 Å². The third-order valence-electron chi connectivity index (χ3n) is 6.00. The average Bonchev–Trinajstić information content (AvgIpc) is 2.92. The van der Waals surface area contributed by atoms with Crippen LogP contribution < -0.4 is 10.6 Å². The maximum atomic E-state index is 12.5. The number of rotatable bonds is 9. The number of carboxylic acid groups (broad SMARTS) is 1. The van der Waals surface area contributed by atoms with Crippen LogP contribution in [0.2, 0.25) is 5.02 Å². The van der Waals surface area contributed by atoms with Gasteiger partial charge in [0, 0.05) is 17.5 Å². The lowest BCUT2D eigenvalue weighted by Gasteiger charge is -2.22. The molecule has 9 heteroatoms. The summed E-state index contributed by atoms with van der Waals surface area (Å²) in [7, 11) is 1.48. The molecule has 0 aliphatic carbocycles. The van der Waals surface area contributed by atoms with E-state index in [1.54, 1.807) is 42.5 Å². The molecule has 4 rings (SSSR count). The van der Waals surface area contributed by atoms with Gasteiger partial charge in [0.15, 0.2) is 0 Å². The molecule has 0 fully saturated rings. The second-order valence-corrected chi connectivity index (χ2v) is 9.10. The normalized spacial score (nSPS) is 12.9. The molecule has 1 amide bonds. The summed E-state index contributed by atoms with van der Waals surface area (Å²) in [6.45, 7) is 0. The van der Waals surface area contributed by atoms with Crippen molar-refractivity contribution in [1.29, 1.82) is 0 Å². The standard InChI is InChI=1S/C29H26ClN3O5/c1-31-27(35)25(15-19-6-11-21(34)12-7-19)33-28(36)26-16-23(29(37)38)22-14-18(8-13-24(22)32-26)3-2-17-4-9-20(30)10-5-17/h2-14,16,25,28,33-34,36H,15H2,1H3,(H,31,35)(H,37,38)/b3-2+/t25-,28?/m0/s1. The van der Waals surface area contributed by atoms with E-state index in [1.165, 1.54) is 25.2 Å². The second kappa shape index (κ2) is 11.9. The number of likely N-dealkylation sites (N-methyl/N-ethyl adjacent to an activating group) is 1. The van der Waals surface area contributed by atoms with Gasteiger partial charge >= 0.3 is 5.97 Å². The molecule has 0 radical (unpaired) electrons. The fraction of sp³-hybridized carbons (Fsp3) is 0.138. The quantitative estimate of drug-likeness (QED) is 0.160. The van der Waals surface area contributed by atoms with Gasteiger partial charge in [0.25, 0.3) is 0 Å². The van der Waals surface area contributed by atoms with Crippen molar-refractivity contribution in [1.82, 2.24) is 15.6 Å². The van der Waals surface area contributed by atoms with Crippen molar-refractivity contribution in [2.75, 3.05) is 7.05 Å². The predicted molar refractivity (Wildman–Crippen MR) is 147 cm³/mol. The largest absolute Gasteiger partial charge is 0.508 e. The summed E-state index contributed by atoms with van der Waals surface area (Å²) < 4.78 is 0. The summed E-state index contributed by atoms with van der Waals surface area (Å²) in [5.74, 6) is -1.44. The molecule has 0 saturated carbocycles. The molecule has 194 valence electrons. The van der Waals surface area contributed by atoms with Gasteiger partial charge < -0.3 is 20.6 Å². The van der Waals surface area contributed by atoms with Crippen LogP contribution in [-0.2, 0) is 11.2 Å². The van der Waals surface area contributed by atoms with Crippen LogP contribution >= 0.6 is 11.6 Å². The molecule has 0 aliphatic rings. The molecule has 0 aliphatic heterocycles. The number of nitrogens with one attached hydrogen (secondary N) is 2. The summed E-state index contributed by atoms with van der Waals surface area (Å²) >= 11 is 5.93. The van der Waals surface area contributed by atoms with E-state index < -0.39 is 18.2 Å². The number of phenols is 1. The molecule has 2 atom stereocenters. The number of carbonyl (C=O) groups is 2. The van der Waals surface area contributed by atoms with Crippen LogP contribution in [0.15, 0.2) is 72.8 Å². The van der Waals surface area contributed by atoms with Crippen molar-refractivity contribution in [3.05, 3.63) is 106 Å². The molecule has 1 unspecified atom stereocenters. The lowest BCUT2D eigenvalue weighted by atomic mass is 10.0. The third-order valence-corrected chi connectivity index (χ3v) is 6.25. The fourth-order valence-corrected chi connectivity index (χ4v) is 4.12. The number of hydrogen-bond donors (Lipinski definition) is 5. The van der Waals surface area contributed by atoms with Gasteiger partial charge in [-0.15, -0.1) is 0 Å². The highest BCUT2D eigenvalue weighted by atomic mass is 35.5. The first kappa shape index (κ1) is 26.8. The first-order valence-electron chi connectivity index (χ1n) is 11.8. The average molecular weight is 532 g/mol. The minimum atomic E-state index is -1.42. The van der Waals surface area contributed by atoms with Crippen molar-refractivity contribution in [2.45, 2.75) is 18.7 Å². The van der Waals surface area contributed by atoms with E-state index in [9.17, 15) is 24.9 Å². The van der Waals surface area contributed by atoms with Crippen LogP contribution in [0.5, 0.6) is 5.75 Å². The van der Waals surface area contributed by atoms with E-state index in [0.717, 1.165) is 16.7 Å². The van der Waals surface area contributed by atoms with Gasteiger partial charge in [-0.2, -0.15) is 0 Å². The minimum Gasteiger partial charge on any atom is -0.508 e. The first-order valence-corrected chi connectivity index (χ1v) is 12.2. The maximum Gasteiger partial charge on any atom is 0.336 e. The highest BCUT2D eigenvalue weighted by Gasteiger charge is 2.24. The zero-order chi connectivity index (χ0) is 27.2. The predicted octanol–water partition coefficient (Wildman–Crippen LogP) is 4.40. The highest BCUT2D eigenvalue weighted by molar-refractivity contribution is 6.30. The molecule has 38 heavy (non-hydrogen) atoms. The summed E-state index contributed by atoms with van der Waals surface area (Å²) in [5.41, 5.74) is 2.90. The Morgan fingerprint density at radius 1 is 0.974 bits per heavy atom. The Morgan fingerprint density at radius 3 is 2.29 bits per heavy atom. The van der Waals surface area contributed by atoms with Crippen LogP contribution in [-0.4, -0.2) is 45.3 Å². The van der Waals surface area contributed by atoms with Crippen LogP contribution in [0.1, 0.15) is 39.0 Å². The lowest BCUT2D eigenvalue weighted by molar-refractivity contribution is -0.123. The van der Waals surface area contributed by atoms with Crippen molar-refractivity contribution < 1.29 is 24.9 Å². The van der Waals surface area contributed by atoms with Gasteiger partial charge in [-0.1, -0.05) is 54.1 Å². The summed E-state index contributed by atoms with van der Waals surface area (Å²) in [4.78, 5) is 29.1. The Labute approximate surface area is 224 Å². The van der Waals surface area contributed by atoms with Gasteiger partial charge in [-0.05, 0) is 65.6 Å². The van der Waals surface area contributed by atoms with Crippen LogP contribution in [0.3, 0.4) is 0 Å². The van der Waals surface area contributed by atoms with Crippen molar-refractivity contribution in [3.8, 4) is 5.75 Å². The molecule has 1 heterocycles. The van der Waals surface area contributed by atoms with Crippen molar-refractivity contribution >= 4 is 46.5 Å². The zero-order valence-electron chi connectivity index (χ0n) is 20.4. The van der Waals surface area contributed by atoms with Crippen LogP contribution in [0.25, 0.3) is 23.1 Å². The number of aliphatic hydroxyl groups excluding tert-OH is 1. The van der Waals surface area contributed by atoms with Gasteiger partial charge in [-0.3, -0.25) is 10.1 Å². The smallest absolute Gasteiger partial charge is 0.336 e. The molecule has 3 aromatic carbocycles. The summed E-state index contributed by atoms with van der Waals surface area (Å²) in [6, 6.07) is 19.4. The number of nitrogens with zero attached hydrogens (tertiary/aromatic N) is 1. The molecular formula is C29H26ClN3O5. The Kier molecular flexibility index (Phi) is 8.38. The highest BCUT2D eigenvalue weighted by Crippen LogP contribution is 2.24. The number of aliphatic hydroxyl groups is 1. The molecule has 0 spiro atoms. The molecule has 8 nitrogen and oxygen atoms in total. The number of benzene rings is 3. The third kappa shape index (κ3) is 6.54. The number of amides is 1. The monoisotopic (exact) mass is 531 g/mol. The first-order chi connectivity index (χ1) is 18.2. The molecule has 4 aromatic rings. The number of hydrogen-bond acceptors (Lipinski definition) is 6. The maximum absolute atomic E-state index is 12.5. The minimum absolute atomic E-state index is 0.0254. The Balaban J connectivity index is 1.61. The number of pyridine rings is 1. The Hall–Kier alpha value is -4.24. The van der Waals surface area contributed by atoms with E-state index in [1.807, 2.05) is 24.3 Å². The van der Waals surface area contributed by atoms with E-state index in [-0.39, 0.29) is 29.3 Å². The van der Waals surface area contributed by atoms with E-state index in [2.05, 4.69) is 15.6 Å². The van der Waals surface area contributed by atoms with Crippen molar-refractivity contribution in [2.24, 2.45) is 0 Å². The summed E-state index contributed by atoms with van der Waals surface area (Å²) in [5, 5.41) is 36.7. The van der Waals surface area contributed by atoms with E-state index in [0.29, 0.717) is 15.9 Å². The second-order valence-electron chi connectivity index (χ2n) is 8.67. The number of phenolic OH excluding ortho intramolecular Hbond substituents is 1. The van der Waals surface area contributed by atoms with Gasteiger partial charge in [0.05, 0.1) is 22.8 Å². The Morgan fingerprint density at radius 2 is 1.63 bits per heavy atom. The van der Waals surface area contributed by atoms with Crippen molar-refractivity contribution in [3.63, 3.8) is 0 Å². The number of aromatic carboxylic acids is 1. The SMILES string of the molecule is CNC(=O)[C@H](Cc1ccc(O)cc1)NC(O)c1cc(C(=O)O)c2cc(/C=C/c3ccc(Cl)cc3)ccc2n1. The summed E-state index contributed by atoms with van der Waals surface area (Å²) in [6.07, 6.45) is 2.55. The number of fused-ring (bicyclic) bond motifs is 1. The molecular weight excluding hydrogens is 506 g/mol. The number of aromatic hydroxyl groups is 1. The Bertz CT molecular complexity index is 1490. The molecule has 0 saturated heterocycles. The van der Waals surface area contributed by atoms with Gasteiger partial charge in [0.2, 0.25) is 5.91 Å². The topological polar surface area (TPSA) is 132 Å². The molecule has 5 N–H and O–H groups in total. The fourth-order valence-electron chi connectivity index (χ4n) is 4.00. The number of halogens is 1. The van der Waals surface area contributed by atoms with Crippen LogP contribution in [0, 0.1) is 0 Å². The zero-order valence-corrected chi connectivity index (χ0v) is 21.2. The van der Waals surface area contributed by atoms with Crippen LogP contribution in [0.4, 0.5) is 0 Å². The number of aromatic nitrogens is 1.